The second-order valence-corrected chi connectivity index (χ2v) is 4.30. The van der Waals surface area contributed by atoms with Crippen LogP contribution >= 0.6 is 11.8 Å². The molecule has 14 heavy (non-hydrogen) atoms. The van der Waals surface area contributed by atoms with Crippen molar-refractivity contribution >= 4 is 29.7 Å². The highest BCUT2D eigenvalue weighted by Crippen LogP contribution is 2.17. The van der Waals surface area contributed by atoms with E-state index in [2.05, 4.69) is 0 Å². The molecule has 0 spiro atoms. The van der Waals surface area contributed by atoms with Gasteiger partial charge in [-0.3, -0.25) is 14.9 Å². The molecular weight excluding hydrogens is 208 g/mol. The van der Waals surface area contributed by atoms with Gasteiger partial charge in [-0.1, -0.05) is 0 Å². The number of primary amides is 1. The number of hydrogen-bond donors (Lipinski definition) is 3. The molecule has 0 saturated heterocycles. The summed E-state index contributed by atoms with van der Waals surface area (Å²) in [5.74, 6) is -1.59. The van der Waals surface area contributed by atoms with Gasteiger partial charge in [0.05, 0.1) is 5.25 Å². The number of carbonyl (C=O) groups excluding carboxylic acids is 2. The third kappa shape index (κ3) is 4.70. The average molecular weight is 220 g/mol. The number of aliphatic carboxylic acids is 1. The number of carboxylic acids is 1. The highest BCUT2D eigenvalue weighted by Gasteiger charge is 2.21. The Balaban J connectivity index is 4.07. The first-order valence-electron chi connectivity index (χ1n) is 3.83. The van der Waals surface area contributed by atoms with Gasteiger partial charge in [0.25, 0.3) is 0 Å². The molecule has 0 aromatic heterocycles. The molecule has 0 aliphatic heterocycles. The fraction of sp³-hybridized carbons (Fsp3) is 0.571. The van der Waals surface area contributed by atoms with Crippen molar-refractivity contribution in [1.82, 2.24) is 5.32 Å². The molecule has 2 atom stereocenters. The molecule has 80 valence electrons. The summed E-state index contributed by atoms with van der Waals surface area (Å²) in [6, 6.07) is -0.939. The summed E-state index contributed by atoms with van der Waals surface area (Å²) < 4.78 is 0. The van der Waals surface area contributed by atoms with E-state index in [9.17, 15) is 14.4 Å². The number of carbonyl (C=O) groups is 3. The van der Waals surface area contributed by atoms with Crippen molar-refractivity contribution in [1.29, 1.82) is 0 Å². The number of carboxylic acid groups (broad SMARTS) is 1. The molecule has 2 unspecified atom stereocenters. The van der Waals surface area contributed by atoms with Crippen molar-refractivity contribution in [2.75, 3.05) is 0 Å². The molecule has 0 fully saturated rings. The molecule has 0 heterocycles. The topological polar surface area (TPSA) is 109 Å². The van der Waals surface area contributed by atoms with E-state index in [0.29, 0.717) is 0 Å². The van der Waals surface area contributed by atoms with Gasteiger partial charge in [-0.2, -0.15) is 0 Å². The first kappa shape index (κ1) is 12.8. The lowest BCUT2D eigenvalue weighted by Gasteiger charge is -2.12. The number of thioether (sulfide) groups is 1. The Labute approximate surface area is 85.2 Å². The maximum Gasteiger partial charge on any atom is 0.318 e. The van der Waals surface area contributed by atoms with E-state index < -0.39 is 28.4 Å². The van der Waals surface area contributed by atoms with Gasteiger partial charge in [0.15, 0.2) is 0 Å². The highest BCUT2D eigenvalue weighted by molar-refractivity contribution is 8.01. The third-order valence-electron chi connectivity index (χ3n) is 1.37. The Morgan fingerprint density at radius 2 is 1.79 bits per heavy atom. The minimum Gasteiger partial charge on any atom is -0.480 e. The minimum atomic E-state index is -1.01. The molecular formula is C7H12N2O4S. The Kier molecular flexibility index (Phi) is 5.00. The number of urea groups is 1. The van der Waals surface area contributed by atoms with Crippen molar-refractivity contribution in [3.05, 3.63) is 0 Å². The lowest BCUT2D eigenvalue weighted by molar-refractivity contribution is -0.136. The summed E-state index contributed by atoms with van der Waals surface area (Å²) in [6.45, 7) is 2.96. The quantitative estimate of drug-likeness (QED) is 0.606. The molecule has 7 heteroatoms. The molecule has 4 N–H and O–H groups in total. The summed E-state index contributed by atoms with van der Waals surface area (Å²) >= 11 is 0.938. The zero-order valence-corrected chi connectivity index (χ0v) is 8.63. The van der Waals surface area contributed by atoms with Crippen LogP contribution in [0.1, 0.15) is 13.8 Å². The summed E-state index contributed by atoms with van der Waals surface area (Å²) in [5.41, 5.74) is 4.73. The van der Waals surface area contributed by atoms with Gasteiger partial charge in [0.2, 0.25) is 5.91 Å². The molecule has 3 amide bonds. The molecule has 6 nitrogen and oxygen atoms in total. The fourth-order valence-corrected chi connectivity index (χ4v) is 1.56. The van der Waals surface area contributed by atoms with Crippen LogP contribution in [0.5, 0.6) is 0 Å². The molecule has 0 aliphatic rings. The van der Waals surface area contributed by atoms with E-state index in [1.807, 2.05) is 5.32 Å². The zero-order valence-electron chi connectivity index (χ0n) is 7.81. The van der Waals surface area contributed by atoms with Crippen molar-refractivity contribution in [2.45, 2.75) is 24.3 Å². The first-order chi connectivity index (χ1) is 6.34. The molecule has 0 radical (unpaired) electrons. The van der Waals surface area contributed by atoms with E-state index in [4.69, 9.17) is 10.8 Å². The number of nitrogens with one attached hydrogen (secondary N) is 1. The second kappa shape index (κ2) is 5.48. The molecule has 0 aromatic rings. The minimum absolute atomic E-state index is 0.587. The van der Waals surface area contributed by atoms with Crippen LogP contribution in [0.25, 0.3) is 0 Å². The number of amides is 3. The number of hydrogen-bond acceptors (Lipinski definition) is 4. The predicted octanol–water partition coefficient (Wildman–Crippen LogP) is -0.224. The van der Waals surface area contributed by atoms with E-state index >= 15 is 0 Å². The largest absolute Gasteiger partial charge is 0.480 e. The van der Waals surface area contributed by atoms with Crippen molar-refractivity contribution in [2.24, 2.45) is 5.73 Å². The van der Waals surface area contributed by atoms with Gasteiger partial charge < -0.3 is 10.8 Å². The van der Waals surface area contributed by atoms with Crippen LogP contribution in [0.4, 0.5) is 4.79 Å². The maximum absolute atomic E-state index is 11.1. The van der Waals surface area contributed by atoms with Gasteiger partial charge >= 0.3 is 12.0 Å². The Morgan fingerprint density at radius 1 is 1.29 bits per heavy atom. The van der Waals surface area contributed by atoms with E-state index in [0.717, 1.165) is 11.8 Å². The van der Waals surface area contributed by atoms with E-state index in [1.54, 1.807) is 0 Å². The monoisotopic (exact) mass is 220 g/mol. The van der Waals surface area contributed by atoms with Crippen LogP contribution in [0, 0.1) is 0 Å². The summed E-state index contributed by atoms with van der Waals surface area (Å²) in [5, 5.41) is 9.09. The van der Waals surface area contributed by atoms with Crippen LogP contribution in [0.3, 0.4) is 0 Å². The summed E-state index contributed by atoms with van der Waals surface area (Å²) in [6.07, 6.45) is 0. The predicted molar refractivity (Wildman–Crippen MR) is 51.9 cm³/mol. The maximum atomic E-state index is 11.1. The Morgan fingerprint density at radius 3 is 2.14 bits per heavy atom. The molecule has 0 aliphatic carbocycles. The van der Waals surface area contributed by atoms with Crippen LogP contribution in [0.2, 0.25) is 0 Å². The van der Waals surface area contributed by atoms with Crippen LogP contribution in [0.15, 0.2) is 0 Å². The normalized spacial score (nSPS) is 14.1. The lowest BCUT2D eigenvalue weighted by atomic mass is 10.4. The van der Waals surface area contributed by atoms with E-state index in [1.165, 1.54) is 13.8 Å². The molecule has 0 bridgehead atoms. The van der Waals surface area contributed by atoms with Gasteiger partial charge in [-0.15, -0.1) is 11.8 Å². The lowest BCUT2D eigenvalue weighted by Crippen LogP contribution is -2.40. The fourth-order valence-electron chi connectivity index (χ4n) is 0.649. The SMILES string of the molecule is CC(SC(C)C(=O)NC(N)=O)C(=O)O. The van der Waals surface area contributed by atoms with Crippen molar-refractivity contribution in [3.8, 4) is 0 Å². The summed E-state index contributed by atoms with van der Waals surface area (Å²) in [4.78, 5) is 31.8. The zero-order chi connectivity index (χ0) is 11.3. The van der Waals surface area contributed by atoms with Gasteiger partial charge in [-0.05, 0) is 13.8 Å². The second-order valence-electron chi connectivity index (χ2n) is 2.61. The first-order valence-corrected chi connectivity index (χ1v) is 4.77. The smallest absolute Gasteiger partial charge is 0.318 e. The molecule has 0 aromatic carbocycles. The third-order valence-corrected chi connectivity index (χ3v) is 2.60. The van der Waals surface area contributed by atoms with Gasteiger partial charge in [0.1, 0.15) is 5.25 Å². The number of imide groups is 1. The van der Waals surface area contributed by atoms with E-state index in [-0.39, 0.29) is 0 Å². The molecule has 0 saturated carbocycles. The van der Waals surface area contributed by atoms with Gasteiger partial charge in [-0.25, -0.2) is 4.79 Å². The van der Waals surface area contributed by atoms with Crippen molar-refractivity contribution in [3.63, 3.8) is 0 Å². The van der Waals surface area contributed by atoms with Crippen molar-refractivity contribution < 1.29 is 19.5 Å². The van der Waals surface area contributed by atoms with Crippen LogP contribution in [-0.2, 0) is 9.59 Å². The standard InChI is InChI=1S/C7H12N2O4S/c1-3(5(10)9-7(8)13)14-4(2)6(11)12/h3-4H,1-2H3,(H,11,12)(H3,8,9,10,13). The number of nitrogens with two attached hydrogens (primary N) is 1. The highest BCUT2D eigenvalue weighted by atomic mass is 32.2. The summed E-state index contributed by atoms with van der Waals surface area (Å²) in [7, 11) is 0. The van der Waals surface area contributed by atoms with Gasteiger partial charge in [0, 0.05) is 0 Å². The number of rotatable bonds is 4. The average Bonchev–Trinajstić information content (AvgIpc) is 2.02. The molecule has 0 rings (SSSR count). The Hall–Kier alpha value is -1.24. The Bertz CT molecular complexity index is 256. The van der Waals surface area contributed by atoms with Crippen LogP contribution in [-0.4, -0.2) is 33.5 Å². The van der Waals surface area contributed by atoms with Crippen LogP contribution < -0.4 is 11.1 Å².